The fourth-order valence-corrected chi connectivity index (χ4v) is 3.29. The molecule has 2 aliphatic rings. The quantitative estimate of drug-likeness (QED) is 0.820. The first-order chi connectivity index (χ1) is 11.3. The minimum Gasteiger partial charge on any atom is -0.366 e. The molecule has 0 aromatic carbocycles. The van der Waals surface area contributed by atoms with Crippen molar-refractivity contribution in [1.82, 2.24) is 35.7 Å². The van der Waals surface area contributed by atoms with Crippen molar-refractivity contribution >= 4 is 5.91 Å². The predicted octanol–water partition coefficient (Wildman–Crippen LogP) is -0.0558. The fraction of sp³-hybridized carbons (Fsp3) is 0.643. The summed E-state index contributed by atoms with van der Waals surface area (Å²) in [5.74, 6) is 0.557. The Hall–Kier alpha value is -2.29. The summed E-state index contributed by atoms with van der Waals surface area (Å²) in [6.07, 6.45) is 4.44. The van der Waals surface area contributed by atoms with Gasteiger partial charge in [-0.05, 0) is 31.2 Å². The Morgan fingerprint density at radius 1 is 1.30 bits per heavy atom. The van der Waals surface area contributed by atoms with Gasteiger partial charge in [0.15, 0.2) is 0 Å². The second-order valence-electron chi connectivity index (χ2n) is 5.98. The van der Waals surface area contributed by atoms with Gasteiger partial charge in [0.25, 0.3) is 0 Å². The van der Waals surface area contributed by atoms with E-state index < -0.39 is 0 Å². The zero-order valence-electron chi connectivity index (χ0n) is 12.8. The van der Waals surface area contributed by atoms with Crippen LogP contribution in [0.15, 0.2) is 0 Å². The summed E-state index contributed by atoms with van der Waals surface area (Å²) >= 11 is 0. The van der Waals surface area contributed by atoms with Crippen LogP contribution in [-0.4, -0.2) is 61.3 Å². The maximum absolute atomic E-state index is 12.6. The number of carbonyl (C=O) groups is 1. The van der Waals surface area contributed by atoms with Gasteiger partial charge in [-0.2, -0.15) is 10.3 Å². The molecule has 2 aromatic rings. The third-order valence-electron chi connectivity index (χ3n) is 4.53. The molecule has 3 heterocycles. The summed E-state index contributed by atoms with van der Waals surface area (Å²) in [5.41, 5.74) is 3.34. The lowest BCUT2D eigenvalue weighted by Gasteiger charge is -2.31. The van der Waals surface area contributed by atoms with Crippen LogP contribution in [0, 0.1) is 0 Å². The van der Waals surface area contributed by atoms with E-state index in [4.69, 9.17) is 4.74 Å². The number of aromatic amines is 2. The van der Waals surface area contributed by atoms with E-state index in [0.717, 1.165) is 18.5 Å². The Morgan fingerprint density at radius 2 is 2.22 bits per heavy atom. The lowest BCUT2D eigenvalue weighted by Crippen LogP contribution is -2.43. The first kappa shape index (κ1) is 14.3. The van der Waals surface area contributed by atoms with E-state index in [2.05, 4.69) is 30.8 Å². The highest BCUT2D eigenvalue weighted by atomic mass is 16.5. The number of carbonyl (C=O) groups excluding carboxylic acids is 1. The first-order valence-corrected chi connectivity index (χ1v) is 7.99. The molecule has 0 spiro atoms. The van der Waals surface area contributed by atoms with Gasteiger partial charge in [-0.3, -0.25) is 9.89 Å². The number of rotatable bonds is 3. The normalized spacial score (nSPS) is 21.2. The van der Waals surface area contributed by atoms with E-state index in [0.29, 0.717) is 31.9 Å². The molecule has 1 aliphatic heterocycles. The Balaban J connectivity index is 1.43. The summed E-state index contributed by atoms with van der Waals surface area (Å²) in [5, 5.41) is 21.3. The second-order valence-corrected chi connectivity index (χ2v) is 5.98. The highest BCUT2D eigenvalue weighted by Gasteiger charge is 2.29. The lowest BCUT2D eigenvalue weighted by molar-refractivity contribution is -0.138. The van der Waals surface area contributed by atoms with Gasteiger partial charge in [-0.15, -0.1) is 10.2 Å². The number of fused-ring (bicyclic) bond motifs is 1. The molecule has 2 N–H and O–H groups in total. The molecule has 9 heteroatoms. The standard InChI is InChI=1S/C14H19N7O2/c22-13(7-11-9-3-1-2-4-10(9)15-16-11)21-5-6-23-12(8-21)14-17-19-20-18-14/h12H,1-8H2,(H,15,16)(H,17,18,19,20). The van der Waals surface area contributed by atoms with Crippen molar-refractivity contribution in [2.75, 3.05) is 19.7 Å². The SMILES string of the molecule is O=C(Cc1n[nH]c2c1CCCC2)N1CCOC(c2nn[nH]n2)C1. The van der Waals surface area contributed by atoms with Crippen LogP contribution in [0.2, 0.25) is 0 Å². The number of morpholine rings is 1. The number of H-pyrrole nitrogens is 2. The van der Waals surface area contributed by atoms with Crippen LogP contribution in [0.25, 0.3) is 0 Å². The highest BCUT2D eigenvalue weighted by Crippen LogP contribution is 2.24. The molecule has 2 aromatic heterocycles. The number of aromatic nitrogens is 6. The van der Waals surface area contributed by atoms with Crippen LogP contribution in [0.5, 0.6) is 0 Å². The van der Waals surface area contributed by atoms with Gasteiger partial charge in [-0.25, -0.2) is 0 Å². The number of ether oxygens (including phenoxy) is 1. The molecule has 122 valence electrons. The fourth-order valence-electron chi connectivity index (χ4n) is 3.29. The van der Waals surface area contributed by atoms with Gasteiger partial charge >= 0.3 is 0 Å². The highest BCUT2D eigenvalue weighted by molar-refractivity contribution is 5.79. The summed E-state index contributed by atoms with van der Waals surface area (Å²) in [6.45, 7) is 1.51. The van der Waals surface area contributed by atoms with Crippen LogP contribution in [0.1, 0.15) is 41.7 Å². The van der Waals surface area contributed by atoms with Crippen molar-refractivity contribution in [3.05, 3.63) is 22.8 Å². The van der Waals surface area contributed by atoms with E-state index in [1.165, 1.54) is 24.1 Å². The molecule has 1 unspecified atom stereocenters. The number of tetrazole rings is 1. The van der Waals surface area contributed by atoms with Crippen molar-refractivity contribution in [2.45, 2.75) is 38.2 Å². The maximum atomic E-state index is 12.6. The Labute approximate surface area is 132 Å². The van der Waals surface area contributed by atoms with Crippen LogP contribution < -0.4 is 0 Å². The summed E-state index contributed by atoms with van der Waals surface area (Å²) in [4.78, 5) is 14.4. The molecule has 0 bridgehead atoms. The van der Waals surface area contributed by atoms with Crippen molar-refractivity contribution in [3.63, 3.8) is 0 Å². The predicted molar refractivity (Wildman–Crippen MR) is 78.4 cm³/mol. The Bertz CT molecular complexity index is 681. The molecular weight excluding hydrogens is 298 g/mol. The molecule has 23 heavy (non-hydrogen) atoms. The van der Waals surface area contributed by atoms with Gasteiger partial charge in [0.2, 0.25) is 11.7 Å². The third kappa shape index (κ3) is 2.83. The topological polar surface area (TPSA) is 113 Å². The van der Waals surface area contributed by atoms with Crippen molar-refractivity contribution in [3.8, 4) is 0 Å². The van der Waals surface area contributed by atoms with Gasteiger partial charge < -0.3 is 9.64 Å². The van der Waals surface area contributed by atoms with Crippen LogP contribution >= 0.6 is 0 Å². The molecule has 1 fully saturated rings. The smallest absolute Gasteiger partial charge is 0.228 e. The average molecular weight is 317 g/mol. The Morgan fingerprint density at radius 3 is 3.09 bits per heavy atom. The molecule has 1 aliphatic carbocycles. The molecule has 1 saturated heterocycles. The van der Waals surface area contributed by atoms with Gasteiger partial charge in [0.1, 0.15) is 6.10 Å². The lowest BCUT2D eigenvalue weighted by atomic mass is 9.95. The van der Waals surface area contributed by atoms with E-state index in [1.807, 2.05) is 0 Å². The molecular formula is C14H19N7O2. The van der Waals surface area contributed by atoms with Gasteiger partial charge in [0.05, 0.1) is 25.3 Å². The van der Waals surface area contributed by atoms with Gasteiger partial charge in [-0.1, -0.05) is 5.21 Å². The monoisotopic (exact) mass is 317 g/mol. The van der Waals surface area contributed by atoms with Gasteiger partial charge in [0, 0.05) is 12.2 Å². The van der Waals surface area contributed by atoms with Crippen LogP contribution in [0.4, 0.5) is 0 Å². The minimum atomic E-state index is -0.320. The van der Waals surface area contributed by atoms with Crippen molar-refractivity contribution in [1.29, 1.82) is 0 Å². The Kier molecular flexibility index (Phi) is 3.78. The zero-order chi connectivity index (χ0) is 15.6. The summed E-state index contributed by atoms with van der Waals surface area (Å²) in [6, 6.07) is 0. The molecule has 4 rings (SSSR count). The number of hydrogen-bond donors (Lipinski definition) is 2. The van der Waals surface area contributed by atoms with Crippen molar-refractivity contribution < 1.29 is 9.53 Å². The number of hydrogen-bond acceptors (Lipinski definition) is 6. The zero-order valence-corrected chi connectivity index (χ0v) is 12.8. The minimum absolute atomic E-state index is 0.0710. The van der Waals surface area contributed by atoms with E-state index in [9.17, 15) is 4.79 Å². The second kappa shape index (κ2) is 6.07. The summed E-state index contributed by atoms with van der Waals surface area (Å²) in [7, 11) is 0. The maximum Gasteiger partial charge on any atom is 0.228 e. The number of nitrogens with zero attached hydrogens (tertiary/aromatic N) is 5. The van der Waals surface area contributed by atoms with Crippen LogP contribution in [-0.2, 0) is 28.8 Å². The molecule has 1 amide bonds. The molecule has 0 radical (unpaired) electrons. The largest absolute Gasteiger partial charge is 0.366 e. The molecule has 9 nitrogen and oxygen atoms in total. The van der Waals surface area contributed by atoms with Crippen molar-refractivity contribution in [2.24, 2.45) is 0 Å². The van der Waals surface area contributed by atoms with E-state index in [1.54, 1.807) is 4.90 Å². The number of amides is 1. The van der Waals surface area contributed by atoms with E-state index in [-0.39, 0.29) is 12.0 Å². The first-order valence-electron chi connectivity index (χ1n) is 7.99. The number of nitrogens with one attached hydrogen (secondary N) is 2. The molecule has 1 atom stereocenters. The van der Waals surface area contributed by atoms with Crippen LogP contribution in [0.3, 0.4) is 0 Å². The third-order valence-corrected chi connectivity index (χ3v) is 4.53. The van der Waals surface area contributed by atoms with E-state index >= 15 is 0 Å². The summed E-state index contributed by atoms with van der Waals surface area (Å²) < 4.78 is 5.63. The average Bonchev–Trinajstić information content (AvgIpc) is 3.25. The molecule has 0 saturated carbocycles. The number of aryl methyl sites for hydroxylation is 1.